The van der Waals surface area contributed by atoms with E-state index in [2.05, 4.69) is 5.32 Å². The van der Waals surface area contributed by atoms with Gasteiger partial charge in [0.2, 0.25) is 11.8 Å². The molecule has 2 amide bonds. The van der Waals surface area contributed by atoms with Crippen LogP contribution in [0.1, 0.15) is 43.9 Å². The second-order valence-corrected chi connectivity index (χ2v) is 12.2. The molecule has 39 heavy (non-hydrogen) atoms. The van der Waals surface area contributed by atoms with Crippen LogP contribution in [-0.4, -0.2) is 43.8 Å². The Morgan fingerprint density at radius 2 is 1.41 bits per heavy atom. The number of nitrogens with one attached hydrogen (secondary N) is 1. The summed E-state index contributed by atoms with van der Waals surface area (Å²) in [5.74, 6) is -0.787. The largest absolute Gasteiger partial charge is 0.352 e. The fourth-order valence-corrected chi connectivity index (χ4v) is 5.70. The molecule has 0 saturated heterocycles. The van der Waals surface area contributed by atoms with E-state index in [9.17, 15) is 18.0 Å². The number of carbonyl (C=O) groups excluding carboxylic acids is 2. The van der Waals surface area contributed by atoms with Crippen molar-refractivity contribution in [3.05, 3.63) is 94.5 Å². The number of nitrogens with zero attached hydrogens (tertiary/aromatic N) is 2. The SMILES string of the molecule is CCC(C(=O)NC(C)C)N(Cc1ccc(Cl)cc1)C(=O)CN(c1ccc(C)cc1)S(=O)(=O)c1ccc(C)cc1. The lowest BCUT2D eigenvalue weighted by Gasteiger charge is -2.33. The molecule has 208 valence electrons. The molecule has 0 heterocycles. The molecule has 3 rings (SSSR count). The molecule has 9 heteroatoms. The van der Waals surface area contributed by atoms with Crippen molar-refractivity contribution in [3.8, 4) is 0 Å². The average Bonchev–Trinajstić information content (AvgIpc) is 2.88. The van der Waals surface area contributed by atoms with E-state index in [0.717, 1.165) is 21.0 Å². The summed E-state index contributed by atoms with van der Waals surface area (Å²) < 4.78 is 28.8. The van der Waals surface area contributed by atoms with Gasteiger partial charge in [0.15, 0.2) is 0 Å². The highest BCUT2D eigenvalue weighted by molar-refractivity contribution is 7.92. The fraction of sp³-hybridized carbons (Fsp3) is 0.333. The molecular weight excluding hydrogens is 534 g/mol. The lowest BCUT2D eigenvalue weighted by Crippen LogP contribution is -2.53. The molecular formula is C30H36ClN3O4S. The summed E-state index contributed by atoms with van der Waals surface area (Å²) in [4.78, 5) is 28.7. The molecule has 7 nitrogen and oxygen atoms in total. The van der Waals surface area contributed by atoms with Crippen LogP contribution >= 0.6 is 11.6 Å². The van der Waals surface area contributed by atoms with Crippen molar-refractivity contribution in [1.82, 2.24) is 10.2 Å². The molecule has 0 bridgehead atoms. The number of hydrogen-bond donors (Lipinski definition) is 1. The zero-order chi connectivity index (χ0) is 28.7. The number of halogens is 1. The van der Waals surface area contributed by atoms with Crippen molar-refractivity contribution < 1.29 is 18.0 Å². The van der Waals surface area contributed by atoms with Gasteiger partial charge in [0.1, 0.15) is 12.6 Å². The van der Waals surface area contributed by atoms with E-state index in [1.807, 2.05) is 34.6 Å². The first-order valence-corrected chi connectivity index (χ1v) is 14.7. The summed E-state index contributed by atoms with van der Waals surface area (Å²) in [6.07, 6.45) is 0.354. The number of benzene rings is 3. The summed E-state index contributed by atoms with van der Waals surface area (Å²) >= 11 is 6.06. The molecule has 1 N–H and O–H groups in total. The number of carbonyl (C=O) groups is 2. The average molecular weight is 570 g/mol. The van der Waals surface area contributed by atoms with Crippen molar-refractivity contribution in [2.24, 2.45) is 0 Å². The first kappa shape index (κ1) is 30.2. The number of sulfonamides is 1. The van der Waals surface area contributed by atoms with Crippen LogP contribution in [0.3, 0.4) is 0 Å². The first-order valence-electron chi connectivity index (χ1n) is 12.9. The van der Waals surface area contributed by atoms with Crippen molar-refractivity contribution in [2.75, 3.05) is 10.8 Å². The summed E-state index contributed by atoms with van der Waals surface area (Å²) in [5.41, 5.74) is 3.01. The maximum atomic E-state index is 14.0. The Morgan fingerprint density at radius 3 is 1.92 bits per heavy atom. The minimum absolute atomic E-state index is 0.0790. The van der Waals surface area contributed by atoms with Crippen LogP contribution in [0.25, 0.3) is 0 Å². The third kappa shape index (κ3) is 7.83. The van der Waals surface area contributed by atoms with Crippen molar-refractivity contribution >= 4 is 39.1 Å². The highest BCUT2D eigenvalue weighted by Gasteiger charge is 2.33. The number of hydrogen-bond acceptors (Lipinski definition) is 4. The van der Waals surface area contributed by atoms with Gasteiger partial charge in [-0.25, -0.2) is 8.42 Å². The third-order valence-electron chi connectivity index (χ3n) is 6.29. The van der Waals surface area contributed by atoms with Gasteiger partial charge >= 0.3 is 0 Å². The molecule has 0 aromatic heterocycles. The fourth-order valence-electron chi connectivity index (χ4n) is 4.16. The normalized spacial score (nSPS) is 12.2. The highest BCUT2D eigenvalue weighted by Crippen LogP contribution is 2.25. The van der Waals surface area contributed by atoms with Crippen molar-refractivity contribution in [2.45, 2.75) is 64.6 Å². The van der Waals surface area contributed by atoms with E-state index >= 15 is 0 Å². The van der Waals surface area contributed by atoms with Gasteiger partial charge in [-0.3, -0.25) is 13.9 Å². The monoisotopic (exact) mass is 569 g/mol. The minimum atomic E-state index is -4.09. The Morgan fingerprint density at radius 1 is 0.872 bits per heavy atom. The van der Waals surface area contributed by atoms with Gasteiger partial charge < -0.3 is 10.2 Å². The van der Waals surface area contributed by atoms with E-state index in [-0.39, 0.29) is 23.4 Å². The smallest absolute Gasteiger partial charge is 0.264 e. The predicted molar refractivity (Wildman–Crippen MR) is 156 cm³/mol. The second-order valence-electron chi connectivity index (χ2n) is 9.90. The number of rotatable bonds is 11. The standard InChI is InChI=1S/C30H36ClN3O4S/c1-6-28(30(36)32-21(2)3)33(19-24-11-13-25(31)14-12-24)29(35)20-34(26-15-7-22(4)8-16-26)39(37,38)27-17-9-23(5)10-18-27/h7-18,21,28H,6,19-20H2,1-5H3,(H,32,36). The minimum Gasteiger partial charge on any atom is -0.352 e. The van der Waals surface area contributed by atoms with Gasteiger partial charge in [0.25, 0.3) is 10.0 Å². The van der Waals surface area contributed by atoms with Gasteiger partial charge in [0.05, 0.1) is 10.6 Å². The Labute approximate surface area is 236 Å². The molecule has 0 aliphatic carbocycles. The van der Waals surface area contributed by atoms with Crippen LogP contribution < -0.4 is 9.62 Å². The van der Waals surface area contributed by atoms with Crippen LogP contribution in [-0.2, 0) is 26.2 Å². The third-order valence-corrected chi connectivity index (χ3v) is 8.33. The molecule has 0 aliphatic heterocycles. The zero-order valence-corrected chi connectivity index (χ0v) is 24.6. The summed E-state index contributed by atoms with van der Waals surface area (Å²) in [7, 11) is -4.09. The lowest BCUT2D eigenvalue weighted by atomic mass is 10.1. The molecule has 0 spiro atoms. The van der Waals surface area contributed by atoms with Gasteiger partial charge in [-0.15, -0.1) is 0 Å². The zero-order valence-electron chi connectivity index (χ0n) is 23.0. The Balaban J connectivity index is 2.05. The molecule has 0 radical (unpaired) electrons. The molecule has 1 atom stereocenters. The topological polar surface area (TPSA) is 86.8 Å². The predicted octanol–water partition coefficient (Wildman–Crippen LogP) is 5.48. The van der Waals surface area contributed by atoms with E-state index in [1.54, 1.807) is 60.7 Å². The maximum Gasteiger partial charge on any atom is 0.264 e. The van der Waals surface area contributed by atoms with Crippen molar-refractivity contribution in [3.63, 3.8) is 0 Å². The summed E-state index contributed by atoms with van der Waals surface area (Å²) in [6, 6.07) is 19.6. The van der Waals surface area contributed by atoms with E-state index < -0.39 is 28.5 Å². The van der Waals surface area contributed by atoms with E-state index in [4.69, 9.17) is 11.6 Å². The molecule has 0 aliphatic rings. The summed E-state index contributed by atoms with van der Waals surface area (Å²) in [5, 5.41) is 3.44. The van der Waals surface area contributed by atoms with Crippen LogP contribution in [0.15, 0.2) is 77.7 Å². The number of amides is 2. The highest BCUT2D eigenvalue weighted by atomic mass is 35.5. The number of anilines is 1. The van der Waals surface area contributed by atoms with E-state index in [1.165, 1.54) is 17.0 Å². The Kier molecular flexibility index (Phi) is 10.2. The Bertz CT molecular complexity index is 1370. The molecule has 3 aromatic rings. The number of aryl methyl sites for hydroxylation is 2. The lowest BCUT2D eigenvalue weighted by molar-refractivity contribution is -0.140. The van der Waals surface area contributed by atoms with Crippen molar-refractivity contribution in [1.29, 1.82) is 0 Å². The Hall–Kier alpha value is -3.36. The quantitative estimate of drug-likeness (QED) is 0.331. The van der Waals surface area contributed by atoms with E-state index in [0.29, 0.717) is 17.1 Å². The maximum absolute atomic E-state index is 14.0. The molecule has 3 aromatic carbocycles. The molecule has 1 unspecified atom stereocenters. The van der Waals surface area contributed by atoms with Crippen LogP contribution in [0, 0.1) is 13.8 Å². The second kappa shape index (κ2) is 13.1. The summed E-state index contributed by atoms with van der Waals surface area (Å²) in [6.45, 7) is 8.95. The van der Waals surface area contributed by atoms with Crippen LogP contribution in [0.4, 0.5) is 5.69 Å². The molecule has 0 fully saturated rings. The van der Waals surface area contributed by atoms with Gasteiger partial charge in [0, 0.05) is 17.6 Å². The molecule has 0 saturated carbocycles. The van der Waals surface area contributed by atoms with Crippen LogP contribution in [0.2, 0.25) is 5.02 Å². The van der Waals surface area contributed by atoms with Gasteiger partial charge in [-0.05, 0) is 76.1 Å². The van der Waals surface area contributed by atoms with Crippen LogP contribution in [0.5, 0.6) is 0 Å². The van der Waals surface area contributed by atoms with Gasteiger partial charge in [-0.1, -0.05) is 66.0 Å². The van der Waals surface area contributed by atoms with Gasteiger partial charge in [-0.2, -0.15) is 0 Å². The first-order chi connectivity index (χ1) is 18.4.